The number of aromatic amines is 1. The molecule has 20 heavy (non-hydrogen) atoms. The van der Waals surface area contributed by atoms with E-state index in [1.165, 1.54) is 10.5 Å². The van der Waals surface area contributed by atoms with Crippen molar-refractivity contribution in [1.29, 1.82) is 0 Å². The van der Waals surface area contributed by atoms with Crippen molar-refractivity contribution in [2.45, 2.75) is 6.18 Å². The minimum Gasteiger partial charge on any atom is -0.476 e. The maximum absolute atomic E-state index is 12.7. The van der Waals surface area contributed by atoms with Crippen LogP contribution in [0.25, 0.3) is 16.8 Å². The van der Waals surface area contributed by atoms with Crippen molar-refractivity contribution in [2.75, 3.05) is 0 Å². The van der Waals surface area contributed by atoms with E-state index in [0.29, 0.717) is 5.52 Å². The van der Waals surface area contributed by atoms with E-state index in [4.69, 9.17) is 5.11 Å². The highest BCUT2D eigenvalue weighted by atomic mass is 79.9. The zero-order valence-corrected chi connectivity index (χ0v) is 11.1. The average molecular weight is 348 g/mol. The summed E-state index contributed by atoms with van der Waals surface area (Å²) in [7, 11) is 0. The topological polar surface area (TPSA) is 70.4 Å². The van der Waals surface area contributed by atoms with Crippen molar-refractivity contribution in [3.8, 4) is 0 Å². The molecule has 9 heteroatoms. The second-order valence-corrected chi connectivity index (χ2v) is 4.82. The van der Waals surface area contributed by atoms with Crippen LogP contribution in [0.4, 0.5) is 13.2 Å². The molecule has 0 saturated carbocycles. The minimum atomic E-state index is -4.47. The molecule has 0 fully saturated rings. The summed E-state index contributed by atoms with van der Waals surface area (Å²) in [5.41, 5.74) is -0.459. The number of fused-ring (bicyclic) bond motifs is 3. The normalized spacial score (nSPS) is 12.4. The lowest BCUT2D eigenvalue weighted by Crippen LogP contribution is -2.04. The second-order valence-electron chi connectivity index (χ2n) is 4.07. The Bertz CT molecular complexity index is 850. The molecular weight excluding hydrogens is 343 g/mol. The fourth-order valence-electron chi connectivity index (χ4n) is 1.96. The Kier molecular flexibility index (Phi) is 2.58. The number of nitrogens with one attached hydrogen (secondary N) is 1. The molecule has 0 bridgehead atoms. The van der Waals surface area contributed by atoms with Crippen molar-refractivity contribution in [1.82, 2.24) is 14.4 Å². The molecule has 1 aromatic carbocycles. The molecule has 3 aromatic rings. The Morgan fingerprint density at radius 2 is 2.10 bits per heavy atom. The van der Waals surface area contributed by atoms with Gasteiger partial charge in [-0.05, 0) is 34.1 Å². The zero-order chi connectivity index (χ0) is 14.7. The van der Waals surface area contributed by atoms with Gasteiger partial charge in [0.25, 0.3) is 0 Å². The SMILES string of the molecule is O=C(O)c1nc2[nH]c3ccc(C(F)(F)F)cc3n2c1Br. The summed E-state index contributed by atoms with van der Waals surface area (Å²) in [6, 6.07) is 3.17. The fourth-order valence-corrected chi connectivity index (χ4v) is 2.58. The molecule has 5 nitrogen and oxygen atoms in total. The van der Waals surface area contributed by atoms with E-state index < -0.39 is 17.7 Å². The van der Waals surface area contributed by atoms with E-state index in [-0.39, 0.29) is 21.6 Å². The maximum Gasteiger partial charge on any atom is 0.416 e. The van der Waals surface area contributed by atoms with Crippen molar-refractivity contribution in [2.24, 2.45) is 0 Å². The van der Waals surface area contributed by atoms with E-state index in [1.807, 2.05) is 0 Å². The summed E-state index contributed by atoms with van der Waals surface area (Å²) in [6.45, 7) is 0. The Morgan fingerprint density at radius 1 is 1.40 bits per heavy atom. The predicted octanol–water partition coefficient (Wildman–Crippen LogP) is 3.30. The molecule has 0 spiro atoms. The summed E-state index contributed by atoms with van der Waals surface area (Å²) in [6.07, 6.45) is -4.47. The first kappa shape index (κ1) is 13.0. The molecular formula is C11H5BrF3N3O2. The van der Waals surface area contributed by atoms with Gasteiger partial charge >= 0.3 is 12.1 Å². The van der Waals surface area contributed by atoms with Crippen LogP contribution >= 0.6 is 15.9 Å². The van der Waals surface area contributed by atoms with Gasteiger partial charge in [-0.1, -0.05) is 0 Å². The van der Waals surface area contributed by atoms with E-state index in [2.05, 4.69) is 25.9 Å². The van der Waals surface area contributed by atoms with Gasteiger partial charge in [0.1, 0.15) is 4.60 Å². The second kappa shape index (κ2) is 3.98. The van der Waals surface area contributed by atoms with Crippen LogP contribution in [0.1, 0.15) is 16.1 Å². The molecule has 0 aliphatic rings. The lowest BCUT2D eigenvalue weighted by Gasteiger charge is -2.06. The smallest absolute Gasteiger partial charge is 0.416 e. The molecule has 0 saturated heterocycles. The van der Waals surface area contributed by atoms with Gasteiger partial charge in [-0.15, -0.1) is 0 Å². The Balaban J connectivity index is 2.37. The van der Waals surface area contributed by atoms with Gasteiger partial charge in [-0.25, -0.2) is 9.78 Å². The molecule has 0 aliphatic carbocycles. The number of imidazole rings is 2. The number of hydrogen-bond donors (Lipinski definition) is 2. The summed E-state index contributed by atoms with van der Waals surface area (Å²) >= 11 is 3.05. The average Bonchev–Trinajstić information content (AvgIpc) is 2.84. The number of H-pyrrole nitrogens is 1. The number of aromatic carboxylic acids is 1. The van der Waals surface area contributed by atoms with Crippen LogP contribution in [-0.2, 0) is 6.18 Å². The van der Waals surface area contributed by atoms with E-state index in [9.17, 15) is 18.0 Å². The van der Waals surface area contributed by atoms with E-state index in [1.54, 1.807) is 0 Å². The monoisotopic (exact) mass is 347 g/mol. The van der Waals surface area contributed by atoms with Crippen LogP contribution in [0.15, 0.2) is 22.8 Å². The maximum atomic E-state index is 12.7. The number of hydrogen-bond acceptors (Lipinski definition) is 2. The van der Waals surface area contributed by atoms with Crippen LogP contribution in [0.5, 0.6) is 0 Å². The Morgan fingerprint density at radius 3 is 2.70 bits per heavy atom. The highest BCUT2D eigenvalue weighted by Crippen LogP contribution is 2.33. The molecule has 0 amide bonds. The van der Waals surface area contributed by atoms with Gasteiger partial charge in [-0.3, -0.25) is 4.40 Å². The zero-order valence-electron chi connectivity index (χ0n) is 9.49. The summed E-state index contributed by atoms with van der Waals surface area (Å²) in [5, 5.41) is 8.94. The molecule has 2 aromatic heterocycles. The first-order valence-electron chi connectivity index (χ1n) is 5.29. The van der Waals surface area contributed by atoms with Crippen molar-refractivity contribution >= 4 is 38.7 Å². The minimum absolute atomic E-state index is 0.0885. The number of nitrogens with zero attached hydrogens (tertiary/aromatic N) is 2. The molecule has 104 valence electrons. The number of rotatable bonds is 1. The van der Waals surface area contributed by atoms with Crippen molar-refractivity contribution < 1.29 is 23.1 Å². The van der Waals surface area contributed by atoms with Gasteiger partial charge in [0.2, 0.25) is 5.78 Å². The predicted molar refractivity (Wildman–Crippen MR) is 66.7 cm³/mol. The Hall–Kier alpha value is -2.03. The van der Waals surface area contributed by atoms with Crippen molar-refractivity contribution in [3.05, 3.63) is 34.1 Å². The van der Waals surface area contributed by atoms with Gasteiger partial charge in [0, 0.05) is 0 Å². The molecule has 0 atom stereocenters. The van der Waals surface area contributed by atoms with E-state index >= 15 is 0 Å². The van der Waals surface area contributed by atoms with Crippen LogP contribution in [0.2, 0.25) is 0 Å². The number of benzene rings is 1. The largest absolute Gasteiger partial charge is 0.476 e. The molecule has 2 N–H and O–H groups in total. The molecule has 0 aliphatic heterocycles. The van der Waals surface area contributed by atoms with Gasteiger partial charge in [0.05, 0.1) is 16.6 Å². The van der Waals surface area contributed by atoms with Gasteiger partial charge in [0.15, 0.2) is 5.69 Å². The summed E-state index contributed by atoms with van der Waals surface area (Å²) in [5.74, 6) is -1.11. The number of carboxylic acid groups (broad SMARTS) is 1. The van der Waals surface area contributed by atoms with Crippen LogP contribution in [0, 0.1) is 0 Å². The fraction of sp³-hybridized carbons (Fsp3) is 0.0909. The quantitative estimate of drug-likeness (QED) is 0.709. The number of carboxylic acids is 1. The highest BCUT2D eigenvalue weighted by Gasteiger charge is 2.31. The van der Waals surface area contributed by atoms with Crippen LogP contribution in [0.3, 0.4) is 0 Å². The Labute approximate surface area is 117 Å². The molecule has 0 unspecified atom stereocenters. The van der Waals surface area contributed by atoms with Crippen LogP contribution < -0.4 is 0 Å². The number of halogens is 4. The summed E-state index contributed by atoms with van der Waals surface area (Å²) < 4.78 is 39.5. The lowest BCUT2D eigenvalue weighted by atomic mass is 10.2. The third kappa shape index (κ3) is 1.77. The highest BCUT2D eigenvalue weighted by molar-refractivity contribution is 9.10. The summed E-state index contributed by atoms with van der Waals surface area (Å²) in [4.78, 5) is 17.5. The number of aromatic nitrogens is 3. The van der Waals surface area contributed by atoms with Gasteiger partial charge < -0.3 is 10.1 Å². The molecule has 0 radical (unpaired) electrons. The first-order valence-corrected chi connectivity index (χ1v) is 6.08. The lowest BCUT2D eigenvalue weighted by molar-refractivity contribution is -0.137. The number of carbonyl (C=O) groups is 1. The first-order chi connectivity index (χ1) is 9.29. The number of alkyl halides is 3. The standard InChI is InChI=1S/C11H5BrF3N3O2/c12-8-7(9(19)20)17-10-16-5-2-1-4(11(13,14)15)3-6(5)18(8)10/h1-3H,(H,16,17)(H,19,20). The molecule has 3 rings (SSSR count). The van der Waals surface area contributed by atoms with Gasteiger partial charge in [-0.2, -0.15) is 13.2 Å². The van der Waals surface area contributed by atoms with E-state index in [0.717, 1.165) is 12.1 Å². The molecule has 2 heterocycles. The van der Waals surface area contributed by atoms with Crippen LogP contribution in [-0.4, -0.2) is 25.4 Å². The third-order valence-electron chi connectivity index (χ3n) is 2.84. The third-order valence-corrected chi connectivity index (χ3v) is 3.57. The van der Waals surface area contributed by atoms with Crippen molar-refractivity contribution in [3.63, 3.8) is 0 Å².